The van der Waals surface area contributed by atoms with E-state index in [0.29, 0.717) is 0 Å². The highest BCUT2D eigenvalue weighted by molar-refractivity contribution is 5.57. The monoisotopic (exact) mass is 201 g/mol. The van der Waals surface area contributed by atoms with Crippen LogP contribution in [-0.2, 0) is 6.42 Å². The van der Waals surface area contributed by atoms with E-state index in [4.69, 9.17) is 0 Å². The molecule has 0 atom stereocenters. The number of hydrogen-bond acceptors (Lipinski definition) is 2. The summed E-state index contributed by atoms with van der Waals surface area (Å²) in [5.41, 5.74) is 2.21. The molecule has 0 bridgehead atoms. The van der Waals surface area contributed by atoms with Crippen LogP contribution in [0.25, 0.3) is 11.3 Å². The summed E-state index contributed by atoms with van der Waals surface area (Å²) >= 11 is 0. The number of unbranched alkanes of at least 4 members (excludes halogenated alkanes) is 1. The summed E-state index contributed by atoms with van der Waals surface area (Å²) in [5.74, 6) is 1.07. The molecule has 0 amide bonds. The first-order valence-corrected chi connectivity index (χ1v) is 5.34. The van der Waals surface area contributed by atoms with E-state index in [1.165, 1.54) is 12.8 Å². The van der Waals surface area contributed by atoms with Gasteiger partial charge in [-0.1, -0.05) is 13.3 Å². The largest absolute Gasteiger partial charge is 0.342 e. The maximum atomic E-state index is 4.35. The smallest absolute Gasteiger partial charge is 0.106 e. The molecule has 0 saturated carbocycles. The lowest BCUT2D eigenvalue weighted by Crippen LogP contribution is -1.87. The lowest BCUT2D eigenvalue weighted by molar-refractivity contribution is 0.763. The summed E-state index contributed by atoms with van der Waals surface area (Å²) in [6.45, 7) is 2.19. The molecule has 0 aliphatic carbocycles. The predicted octanol–water partition coefficient (Wildman–Crippen LogP) is 2.81. The average Bonchev–Trinajstić information content (AvgIpc) is 2.76. The average molecular weight is 201 g/mol. The maximum absolute atomic E-state index is 4.35. The van der Waals surface area contributed by atoms with Gasteiger partial charge in [0.25, 0.3) is 0 Å². The van der Waals surface area contributed by atoms with Crippen molar-refractivity contribution in [3.8, 4) is 11.3 Å². The van der Waals surface area contributed by atoms with Crippen LogP contribution in [0.15, 0.2) is 30.7 Å². The summed E-state index contributed by atoms with van der Waals surface area (Å²) < 4.78 is 0. The van der Waals surface area contributed by atoms with Crippen LogP contribution < -0.4 is 0 Å². The van der Waals surface area contributed by atoms with Gasteiger partial charge in [-0.15, -0.1) is 0 Å². The van der Waals surface area contributed by atoms with Crippen molar-refractivity contribution in [2.24, 2.45) is 0 Å². The molecule has 0 spiro atoms. The predicted molar refractivity (Wildman–Crippen MR) is 60.4 cm³/mol. The number of pyridine rings is 1. The van der Waals surface area contributed by atoms with Gasteiger partial charge in [0.2, 0.25) is 0 Å². The van der Waals surface area contributed by atoms with Crippen LogP contribution >= 0.6 is 0 Å². The van der Waals surface area contributed by atoms with Crippen LogP contribution in [0.3, 0.4) is 0 Å². The Kier molecular flexibility index (Phi) is 3.12. The zero-order valence-electron chi connectivity index (χ0n) is 8.90. The summed E-state index contributed by atoms with van der Waals surface area (Å²) in [4.78, 5) is 11.7. The topological polar surface area (TPSA) is 41.6 Å². The number of aryl methyl sites for hydroxylation is 1. The second kappa shape index (κ2) is 4.73. The van der Waals surface area contributed by atoms with Crippen LogP contribution in [0.1, 0.15) is 25.6 Å². The Labute approximate surface area is 89.6 Å². The van der Waals surface area contributed by atoms with Crippen molar-refractivity contribution in [3.05, 3.63) is 36.5 Å². The Morgan fingerprint density at radius 1 is 1.27 bits per heavy atom. The summed E-state index contributed by atoms with van der Waals surface area (Å²) in [6.07, 6.45) is 8.89. The molecule has 3 nitrogen and oxygen atoms in total. The van der Waals surface area contributed by atoms with Gasteiger partial charge in [-0.2, -0.15) is 0 Å². The SMILES string of the molecule is CCCCc1ncc(-c2ccncc2)[nH]1. The van der Waals surface area contributed by atoms with E-state index in [0.717, 1.165) is 23.5 Å². The van der Waals surface area contributed by atoms with Gasteiger partial charge in [-0.25, -0.2) is 4.98 Å². The molecule has 0 aliphatic rings. The minimum absolute atomic E-state index is 1.03. The fraction of sp³-hybridized carbons (Fsp3) is 0.333. The molecule has 0 fully saturated rings. The summed E-state index contributed by atoms with van der Waals surface area (Å²) in [7, 11) is 0. The quantitative estimate of drug-likeness (QED) is 0.826. The van der Waals surface area contributed by atoms with Gasteiger partial charge >= 0.3 is 0 Å². The van der Waals surface area contributed by atoms with E-state index in [9.17, 15) is 0 Å². The van der Waals surface area contributed by atoms with Crippen molar-refractivity contribution in [1.29, 1.82) is 0 Å². The molecule has 2 rings (SSSR count). The van der Waals surface area contributed by atoms with Crippen molar-refractivity contribution in [2.75, 3.05) is 0 Å². The second-order valence-electron chi connectivity index (χ2n) is 3.58. The number of imidazole rings is 1. The van der Waals surface area contributed by atoms with E-state index < -0.39 is 0 Å². The maximum Gasteiger partial charge on any atom is 0.106 e. The third-order valence-electron chi connectivity index (χ3n) is 2.39. The molecule has 0 aliphatic heterocycles. The first kappa shape index (κ1) is 9.90. The Hall–Kier alpha value is -1.64. The highest BCUT2D eigenvalue weighted by Gasteiger charge is 2.01. The molecule has 2 aromatic heterocycles. The van der Waals surface area contributed by atoms with Crippen molar-refractivity contribution >= 4 is 0 Å². The molecule has 0 radical (unpaired) electrons. The summed E-state index contributed by atoms with van der Waals surface area (Å²) in [5, 5.41) is 0. The van der Waals surface area contributed by atoms with Crippen molar-refractivity contribution in [1.82, 2.24) is 15.0 Å². The van der Waals surface area contributed by atoms with E-state index in [1.54, 1.807) is 12.4 Å². The summed E-state index contributed by atoms with van der Waals surface area (Å²) in [6, 6.07) is 3.97. The van der Waals surface area contributed by atoms with Crippen LogP contribution in [0.4, 0.5) is 0 Å². The molecule has 0 saturated heterocycles. The molecule has 3 heteroatoms. The minimum atomic E-state index is 1.03. The van der Waals surface area contributed by atoms with Crippen LogP contribution in [-0.4, -0.2) is 15.0 Å². The van der Waals surface area contributed by atoms with Crippen LogP contribution in [0.5, 0.6) is 0 Å². The van der Waals surface area contributed by atoms with Crippen molar-refractivity contribution in [3.63, 3.8) is 0 Å². The fourth-order valence-electron chi connectivity index (χ4n) is 1.51. The first-order chi connectivity index (χ1) is 7.40. The fourth-order valence-corrected chi connectivity index (χ4v) is 1.51. The number of aromatic nitrogens is 3. The van der Waals surface area contributed by atoms with Gasteiger partial charge in [-0.3, -0.25) is 4.98 Å². The Morgan fingerprint density at radius 3 is 2.80 bits per heavy atom. The van der Waals surface area contributed by atoms with Gasteiger partial charge in [0, 0.05) is 24.4 Å². The highest BCUT2D eigenvalue weighted by atomic mass is 14.9. The van der Waals surface area contributed by atoms with E-state index in [2.05, 4.69) is 21.9 Å². The zero-order chi connectivity index (χ0) is 10.5. The molecule has 1 N–H and O–H groups in total. The van der Waals surface area contributed by atoms with Gasteiger partial charge in [-0.05, 0) is 18.6 Å². The Bertz CT molecular complexity index is 406. The molecule has 2 aromatic rings. The molecular weight excluding hydrogens is 186 g/mol. The van der Waals surface area contributed by atoms with Gasteiger partial charge < -0.3 is 4.98 Å². The number of H-pyrrole nitrogens is 1. The second-order valence-corrected chi connectivity index (χ2v) is 3.58. The van der Waals surface area contributed by atoms with Gasteiger partial charge in [0.15, 0.2) is 0 Å². The van der Waals surface area contributed by atoms with Crippen LogP contribution in [0.2, 0.25) is 0 Å². The molecule has 0 aromatic carbocycles. The van der Waals surface area contributed by atoms with E-state index in [1.807, 2.05) is 18.3 Å². The van der Waals surface area contributed by atoms with Gasteiger partial charge in [0.1, 0.15) is 5.82 Å². The standard InChI is InChI=1S/C12H15N3/c1-2-3-4-12-14-9-11(15-12)10-5-7-13-8-6-10/h5-9H,2-4H2,1H3,(H,14,15). The van der Waals surface area contributed by atoms with Crippen molar-refractivity contribution in [2.45, 2.75) is 26.2 Å². The number of nitrogens with one attached hydrogen (secondary N) is 1. The first-order valence-electron chi connectivity index (χ1n) is 5.34. The normalized spacial score (nSPS) is 10.5. The van der Waals surface area contributed by atoms with Gasteiger partial charge in [0.05, 0.1) is 11.9 Å². The molecule has 2 heterocycles. The molecule has 0 unspecified atom stereocenters. The zero-order valence-corrected chi connectivity index (χ0v) is 8.90. The lowest BCUT2D eigenvalue weighted by Gasteiger charge is -1.95. The van der Waals surface area contributed by atoms with Crippen LogP contribution in [0, 0.1) is 0 Å². The highest BCUT2D eigenvalue weighted by Crippen LogP contribution is 2.15. The number of rotatable bonds is 4. The lowest BCUT2D eigenvalue weighted by atomic mass is 10.2. The van der Waals surface area contributed by atoms with Crippen molar-refractivity contribution < 1.29 is 0 Å². The Morgan fingerprint density at radius 2 is 2.07 bits per heavy atom. The van der Waals surface area contributed by atoms with E-state index in [-0.39, 0.29) is 0 Å². The number of hydrogen-bond donors (Lipinski definition) is 1. The number of aromatic amines is 1. The van der Waals surface area contributed by atoms with E-state index >= 15 is 0 Å². The molecule has 15 heavy (non-hydrogen) atoms. The Balaban J connectivity index is 2.14. The number of nitrogens with zero attached hydrogens (tertiary/aromatic N) is 2. The molecule has 78 valence electrons. The third kappa shape index (κ3) is 2.43. The minimum Gasteiger partial charge on any atom is -0.342 e. The third-order valence-corrected chi connectivity index (χ3v) is 2.39. The molecular formula is C12H15N3.